The molecular formula is C11H16BrNO4S2. The van der Waals surface area contributed by atoms with Crippen molar-refractivity contribution >= 4 is 37.3 Å². The van der Waals surface area contributed by atoms with Crippen LogP contribution in [0.4, 0.5) is 0 Å². The lowest BCUT2D eigenvalue weighted by atomic mass is 9.97. The minimum absolute atomic E-state index is 0.0383. The fourth-order valence-corrected chi connectivity index (χ4v) is 5.51. The van der Waals surface area contributed by atoms with Crippen molar-refractivity contribution in [2.24, 2.45) is 0 Å². The highest BCUT2D eigenvalue weighted by molar-refractivity contribution is 9.11. The molecular weight excluding hydrogens is 354 g/mol. The number of aryl methyl sites for hydroxylation is 1. The van der Waals surface area contributed by atoms with Gasteiger partial charge in [-0.15, -0.1) is 11.3 Å². The Morgan fingerprint density at radius 3 is 2.84 bits per heavy atom. The summed E-state index contributed by atoms with van der Waals surface area (Å²) < 4.78 is 32.9. The van der Waals surface area contributed by atoms with Gasteiger partial charge in [0, 0.05) is 24.4 Å². The summed E-state index contributed by atoms with van der Waals surface area (Å²) in [4.78, 5) is 0.960. The summed E-state index contributed by atoms with van der Waals surface area (Å²) >= 11 is 4.63. The Balaban J connectivity index is 2.12. The van der Waals surface area contributed by atoms with Gasteiger partial charge in [-0.1, -0.05) is 0 Å². The van der Waals surface area contributed by atoms with Gasteiger partial charge >= 0.3 is 0 Å². The van der Waals surface area contributed by atoms with Crippen molar-refractivity contribution in [1.29, 1.82) is 0 Å². The van der Waals surface area contributed by atoms with E-state index in [2.05, 4.69) is 20.7 Å². The van der Waals surface area contributed by atoms with Gasteiger partial charge in [0.25, 0.3) is 0 Å². The van der Waals surface area contributed by atoms with Crippen LogP contribution in [-0.2, 0) is 14.8 Å². The van der Waals surface area contributed by atoms with E-state index >= 15 is 0 Å². The van der Waals surface area contributed by atoms with Gasteiger partial charge in [-0.3, -0.25) is 0 Å². The van der Waals surface area contributed by atoms with Crippen LogP contribution in [0.15, 0.2) is 14.7 Å². The number of aliphatic hydroxyl groups is 1. The quantitative estimate of drug-likeness (QED) is 0.845. The first-order valence-corrected chi connectivity index (χ1v) is 8.93. The molecule has 5 nitrogen and oxygen atoms in total. The maximum Gasteiger partial charge on any atom is 0.241 e. The van der Waals surface area contributed by atoms with E-state index in [-0.39, 0.29) is 17.5 Å². The van der Waals surface area contributed by atoms with Crippen molar-refractivity contribution < 1.29 is 18.3 Å². The lowest BCUT2D eigenvalue weighted by Gasteiger charge is -2.26. The van der Waals surface area contributed by atoms with Crippen LogP contribution in [0.5, 0.6) is 0 Å². The van der Waals surface area contributed by atoms with Gasteiger partial charge in [0.15, 0.2) is 0 Å². The van der Waals surface area contributed by atoms with Crippen LogP contribution in [0.3, 0.4) is 0 Å². The lowest BCUT2D eigenvalue weighted by Crippen LogP contribution is -2.47. The van der Waals surface area contributed by atoms with E-state index in [9.17, 15) is 13.5 Å². The van der Waals surface area contributed by atoms with E-state index in [1.807, 2.05) is 0 Å². The summed E-state index contributed by atoms with van der Waals surface area (Å²) in [5, 5.41) is 10.3. The van der Waals surface area contributed by atoms with E-state index in [1.165, 1.54) is 11.3 Å². The minimum atomic E-state index is -3.60. The monoisotopic (exact) mass is 369 g/mol. The second-order valence-electron chi connectivity index (χ2n) is 4.66. The molecule has 0 radical (unpaired) electrons. The molecule has 1 saturated heterocycles. The topological polar surface area (TPSA) is 75.6 Å². The van der Waals surface area contributed by atoms with Crippen LogP contribution in [0.1, 0.15) is 18.2 Å². The Morgan fingerprint density at radius 2 is 2.37 bits per heavy atom. The summed E-state index contributed by atoms with van der Waals surface area (Å²) in [6.07, 6.45) is 0.0636. The van der Waals surface area contributed by atoms with Crippen LogP contribution in [0.2, 0.25) is 0 Å². The van der Waals surface area contributed by atoms with Crippen LogP contribution >= 0.6 is 27.3 Å². The average molecular weight is 370 g/mol. The molecule has 1 aliphatic heterocycles. The Hall–Kier alpha value is 0.01000. The van der Waals surface area contributed by atoms with E-state index in [1.54, 1.807) is 19.9 Å². The van der Waals surface area contributed by atoms with E-state index in [0.717, 1.165) is 3.79 Å². The Labute approximate surface area is 125 Å². The first-order valence-electron chi connectivity index (χ1n) is 5.84. The Kier molecular flexibility index (Phi) is 4.39. The number of sulfonamides is 1. The van der Waals surface area contributed by atoms with Crippen molar-refractivity contribution in [3.63, 3.8) is 0 Å². The first-order chi connectivity index (χ1) is 8.74. The predicted octanol–water partition coefficient (Wildman–Crippen LogP) is 1.64. The van der Waals surface area contributed by atoms with Gasteiger partial charge < -0.3 is 9.84 Å². The van der Waals surface area contributed by atoms with Gasteiger partial charge in [0.1, 0.15) is 5.60 Å². The van der Waals surface area contributed by atoms with Crippen molar-refractivity contribution in [2.45, 2.75) is 36.9 Å². The SMILES string of the molecule is Cc1sc(Br)cc1S(=O)(=O)NCC1(O)CCOC1C. The van der Waals surface area contributed by atoms with Crippen LogP contribution in [0, 0.1) is 6.92 Å². The lowest BCUT2D eigenvalue weighted by molar-refractivity contribution is -0.0228. The molecule has 2 atom stereocenters. The third kappa shape index (κ3) is 3.20. The van der Waals surface area contributed by atoms with Crippen molar-refractivity contribution in [3.8, 4) is 0 Å². The summed E-state index contributed by atoms with van der Waals surface area (Å²) in [7, 11) is -3.60. The molecule has 1 aromatic heterocycles. The van der Waals surface area contributed by atoms with Gasteiger partial charge in [-0.2, -0.15) is 0 Å². The zero-order valence-electron chi connectivity index (χ0n) is 10.6. The van der Waals surface area contributed by atoms with Crippen molar-refractivity contribution in [1.82, 2.24) is 4.72 Å². The molecule has 2 N–H and O–H groups in total. The number of nitrogens with one attached hydrogen (secondary N) is 1. The molecule has 108 valence electrons. The normalized spacial score (nSPS) is 27.9. The number of rotatable bonds is 4. The number of ether oxygens (including phenoxy) is 1. The smallest absolute Gasteiger partial charge is 0.241 e. The largest absolute Gasteiger partial charge is 0.386 e. The summed E-state index contributed by atoms with van der Waals surface area (Å²) in [6.45, 7) is 3.90. The molecule has 1 aliphatic rings. The zero-order valence-corrected chi connectivity index (χ0v) is 13.9. The van der Waals surface area contributed by atoms with Crippen LogP contribution < -0.4 is 4.72 Å². The summed E-state index contributed by atoms with van der Waals surface area (Å²) in [5.41, 5.74) is -1.13. The number of hydrogen-bond acceptors (Lipinski definition) is 5. The molecule has 0 bridgehead atoms. The molecule has 1 aromatic rings. The molecule has 0 saturated carbocycles. The van der Waals surface area contributed by atoms with Crippen LogP contribution in [-0.4, -0.2) is 38.4 Å². The Bertz CT molecular complexity index is 571. The standard InChI is InChI=1S/C11H16BrNO4S2/c1-7-9(5-10(12)18-7)19(15,16)13-6-11(14)3-4-17-8(11)2/h5,8,13-14H,3-4,6H2,1-2H3. The van der Waals surface area contributed by atoms with Gasteiger partial charge in [0.2, 0.25) is 10.0 Å². The van der Waals surface area contributed by atoms with Crippen molar-refractivity contribution in [2.75, 3.05) is 13.2 Å². The number of halogens is 1. The molecule has 0 amide bonds. The molecule has 19 heavy (non-hydrogen) atoms. The number of thiophene rings is 1. The van der Waals surface area contributed by atoms with E-state index in [0.29, 0.717) is 17.9 Å². The highest BCUT2D eigenvalue weighted by Crippen LogP contribution is 2.30. The highest BCUT2D eigenvalue weighted by Gasteiger charge is 2.40. The Morgan fingerprint density at radius 1 is 1.68 bits per heavy atom. The van der Waals surface area contributed by atoms with E-state index in [4.69, 9.17) is 4.74 Å². The summed E-state index contributed by atoms with van der Waals surface area (Å²) in [5.74, 6) is 0. The maximum atomic E-state index is 12.2. The third-order valence-corrected chi connectivity index (χ3v) is 6.57. The van der Waals surface area contributed by atoms with E-state index < -0.39 is 15.6 Å². The summed E-state index contributed by atoms with van der Waals surface area (Å²) in [6, 6.07) is 1.57. The molecule has 1 fully saturated rings. The fourth-order valence-electron chi connectivity index (χ4n) is 2.00. The van der Waals surface area contributed by atoms with Crippen LogP contribution in [0.25, 0.3) is 0 Å². The van der Waals surface area contributed by atoms with Gasteiger partial charge in [0.05, 0.1) is 14.8 Å². The molecule has 2 unspecified atom stereocenters. The molecule has 2 heterocycles. The second kappa shape index (κ2) is 5.42. The predicted molar refractivity (Wildman–Crippen MR) is 76.9 cm³/mol. The molecule has 8 heteroatoms. The van der Waals surface area contributed by atoms with Gasteiger partial charge in [-0.25, -0.2) is 13.1 Å². The molecule has 0 aromatic carbocycles. The first kappa shape index (κ1) is 15.4. The third-order valence-electron chi connectivity index (χ3n) is 3.36. The average Bonchev–Trinajstić information content (AvgIpc) is 2.82. The zero-order chi connectivity index (χ0) is 14.3. The second-order valence-corrected chi connectivity index (χ2v) is 9.03. The highest BCUT2D eigenvalue weighted by atomic mass is 79.9. The van der Waals surface area contributed by atoms with Crippen molar-refractivity contribution in [3.05, 3.63) is 14.7 Å². The number of hydrogen-bond donors (Lipinski definition) is 2. The molecule has 0 aliphatic carbocycles. The van der Waals surface area contributed by atoms with Gasteiger partial charge in [-0.05, 0) is 35.8 Å². The fraction of sp³-hybridized carbons (Fsp3) is 0.636. The molecule has 0 spiro atoms. The maximum absolute atomic E-state index is 12.2. The molecule has 2 rings (SSSR count). The minimum Gasteiger partial charge on any atom is -0.386 e.